The lowest BCUT2D eigenvalue weighted by Crippen LogP contribution is -2.43. The number of primary amides is 1. The number of nitrogens with two attached hydrogens (primary N) is 1. The summed E-state index contributed by atoms with van der Waals surface area (Å²) in [5.74, 6) is -1.78. The van der Waals surface area contributed by atoms with Crippen molar-refractivity contribution in [1.82, 2.24) is 9.80 Å². The van der Waals surface area contributed by atoms with Crippen molar-refractivity contribution in [3.8, 4) is 16.9 Å². The predicted molar refractivity (Wildman–Crippen MR) is 135 cm³/mol. The summed E-state index contributed by atoms with van der Waals surface area (Å²) in [5.41, 5.74) is 4.32. The number of piperidine rings is 1. The molecular weight excluding hydrogens is 483 g/mol. The molecule has 2 amide bonds. The number of hydrogen-bond acceptors (Lipinski definition) is 4. The maximum atomic E-state index is 15.0. The van der Waals surface area contributed by atoms with Crippen molar-refractivity contribution < 1.29 is 27.5 Å². The quantitative estimate of drug-likeness (QED) is 0.557. The summed E-state index contributed by atoms with van der Waals surface area (Å²) in [4.78, 5) is 27.9. The third-order valence-electron chi connectivity index (χ3n) is 7.08. The van der Waals surface area contributed by atoms with Gasteiger partial charge in [-0.1, -0.05) is 6.07 Å². The highest BCUT2D eigenvalue weighted by molar-refractivity contribution is 5.98. The summed E-state index contributed by atoms with van der Waals surface area (Å²) in [5, 5.41) is 0. The lowest BCUT2D eigenvalue weighted by Gasteiger charge is -2.34. The predicted octanol–water partition coefficient (Wildman–Crippen LogP) is 4.56. The molecule has 2 fully saturated rings. The van der Waals surface area contributed by atoms with E-state index in [0.29, 0.717) is 44.2 Å². The third-order valence-corrected chi connectivity index (χ3v) is 7.08. The molecule has 2 aromatic rings. The van der Waals surface area contributed by atoms with Gasteiger partial charge in [-0.25, -0.2) is 13.2 Å². The highest BCUT2D eigenvalue weighted by Crippen LogP contribution is 2.30. The Kier molecular flexibility index (Phi) is 8.11. The minimum atomic E-state index is -1.22. The van der Waals surface area contributed by atoms with Gasteiger partial charge in [0.15, 0.2) is 0 Å². The van der Waals surface area contributed by atoms with Gasteiger partial charge >= 0.3 is 0 Å². The standard InChI is InChI=1S/C28H34F3N3O3/c1-28(2,31)17-33-12-9-18(10-13-33)16-37-20-6-8-22(24(30)15-20)21-7-5-19(14-23(21)29)27(36)34-11-3-4-25(34)26(32)35/h5-8,14-15,18,25H,3-4,9-13,16-17H2,1-2H3,(H2,32,35)/t25-/m0/s1. The molecule has 2 N–H and O–H groups in total. The van der Waals surface area contributed by atoms with Gasteiger partial charge in [0.25, 0.3) is 5.91 Å². The first-order chi connectivity index (χ1) is 17.5. The highest BCUT2D eigenvalue weighted by Gasteiger charge is 2.33. The molecule has 0 unspecified atom stereocenters. The van der Waals surface area contributed by atoms with Gasteiger partial charge in [0.05, 0.1) is 6.61 Å². The van der Waals surface area contributed by atoms with Crippen molar-refractivity contribution in [1.29, 1.82) is 0 Å². The summed E-state index contributed by atoms with van der Waals surface area (Å²) in [6.45, 7) is 5.97. The van der Waals surface area contributed by atoms with E-state index >= 15 is 0 Å². The normalized spacial score (nSPS) is 19.3. The molecule has 200 valence electrons. The first kappa shape index (κ1) is 27.0. The van der Waals surface area contributed by atoms with E-state index in [1.165, 1.54) is 29.2 Å². The molecule has 0 spiro atoms. The molecule has 2 aromatic carbocycles. The van der Waals surface area contributed by atoms with Crippen LogP contribution in [-0.4, -0.2) is 66.1 Å². The van der Waals surface area contributed by atoms with Crippen molar-refractivity contribution in [2.45, 2.75) is 51.2 Å². The molecule has 0 aliphatic carbocycles. The topological polar surface area (TPSA) is 75.9 Å². The first-order valence-electron chi connectivity index (χ1n) is 12.8. The van der Waals surface area contributed by atoms with Crippen LogP contribution in [0.4, 0.5) is 13.2 Å². The van der Waals surface area contributed by atoms with Gasteiger partial charge in [0, 0.05) is 35.8 Å². The third kappa shape index (κ3) is 6.63. The van der Waals surface area contributed by atoms with E-state index in [-0.39, 0.29) is 16.7 Å². The van der Waals surface area contributed by atoms with E-state index in [2.05, 4.69) is 4.90 Å². The van der Waals surface area contributed by atoms with Crippen LogP contribution in [-0.2, 0) is 4.79 Å². The summed E-state index contributed by atoms with van der Waals surface area (Å²) in [6.07, 6.45) is 2.89. The van der Waals surface area contributed by atoms with E-state index in [1.54, 1.807) is 19.9 Å². The van der Waals surface area contributed by atoms with Crippen LogP contribution in [0.2, 0.25) is 0 Å². The second-order valence-corrected chi connectivity index (χ2v) is 10.6. The number of benzene rings is 2. The van der Waals surface area contributed by atoms with Gasteiger partial charge in [-0.05, 0) is 82.8 Å². The SMILES string of the molecule is CC(C)(F)CN1CCC(COc2ccc(-c3ccc(C(=O)N4CCC[C@H]4C(N)=O)cc3F)c(F)c2)CC1. The van der Waals surface area contributed by atoms with E-state index in [4.69, 9.17) is 10.5 Å². The van der Waals surface area contributed by atoms with Crippen LogP contribution in [0.1, 0.15) is 49.9 Å². The molecule has 2 aliphatic rings. The van der Waals surface area contributed by atoms with Crippen LogP contribution in [0.5, 0.6) is 5.75 Å². The average Bonchev–Trinajstić information content (AvgIpc) is 3.33. The Balaban J connectivity index is 1.37. The zero-order valence-electron chi connectivity index (χ0n) is 21.3. The number of alkyl halides is 1. The molecule has 0 aromatic heterocycles. The van der Waals surface area contributed by atoms with Gasteiger partial charge in [0.1, 0.15) is 29.1 Å². The van der Waals surface area contributed by atoms with Crippen LogP contribution in [0.3, 0.4) is 0 Å². The van der Waals surface area contributed by atoms with Crippen LogP contribution >= 0.6 is 0 Å². The fourth-order valence-electron chi connectivity index (χ4n) is 5.20. The van der Waals surface area contributed by atoms with Crippen LogP contribution in [0, 0.1) is 17.6 Å². The number of amides is 2. The summed E-state index contributed by atoms with van der Waals surface area (Å²) in [6, 6.07) is 7.44. The lowest BCUT2D eigenvalue weighted by atomic mass is 9.96. The first-order valence-corrected chi connectivity index (χ1v) is 12.8. The Hall–Kier alpha value is -3.07. The molecule has 2 aliphatic heterocycles. The molecule has 0 bridgehead atoms. The summed E-state index contributed by atoms with van der Waals surface area (Å²) < 4.78 is 49.5. The maximum absolute atomic E-state index is 15.0. The highest BCUT2D eigenvalue weighted by atomic mass is 19.1. The van der Waals surface area contributed by atoms with Gasteiger partial charge in [-0.2, -0.15) is 0 Å². The second kappa shape index (κ2) is 11.1. The average molecular weight is 518 g/mol. The smallest absolute Gasteiger partial charge is 0.254 e. The molecule has 9 heteroatoms. The molecular formula is C28H34F3N3O3. The zero-order chi connectivity index (χ0) is 26.7. The Bertz CT molecular complexity index is 1140. The number of nitrogens with zero attached hydrogens (tertiary/aromatic N) is 2. The van der Waals surface area contributed by atoms with Crippen LogP contribution < -0.4 is 10.5 Å². The fraction of sp³-hybridized carbons (Fsp3) is 0.500. The molecule has 2 saturated heterocycles. The van der Waals surface area contributed by atoms with Crippen LogP contribution in [0.15, 0.2) is 36.4 Å². The molecule has 2 heterocycles. The van der Waals surface area contributed by atoms with Gasteiger partial charge in [-0.15, -0.1) is 0 Å². The van der Waals surface area contributed by atoms with E-state index in [9.17, 15) is 22.8 Å². The Morgan fingerprint density at radius 1 is 1.00 bits per heavy atom. The van der Waals surface area contributed by atoms with Crippen molar-refractivity contribution in [2.24, 2.45) is 11.7 Å². The monoisotopic (exact) mass is 517 g/mol. The van der Waals surface area contributed by atoms with Gasteiger partial charge in [0.2, 0.25) is 5.91 Å². The number of carbonyl (C=O) groups is 2. The van der Waals surface area contributed by atoms with Crippen molar-refractivity contribution in [2.75, 3.05) is 32.8 Å². The zero-order valence-corrected chi connectivity index (χ0v) is 21.3. The molecule has 4 rings (SSSR count). The molecule has 1 atom stereocenters. The maximum Gasteiger partial charge on any atom is 0.254 e. The van der Waals surface area contributed by atoms with Crippen molar-refractivity contribution in [3.05, 3.63) is 53.6 Å². The van der Waals surface area contributed by atoms with Crippen molar-refractivity contribution in [3.63, 3.8) is 0 Å². The lowest BCUT2D eigenvalue weighted by molar-refractivity contribution is -0.121. The van der Waals surface area contributed by atoms with Gasteiger partial charge in [-0.3, -0.25) is 9.59 Å². The van der Waals surface area contributed by atoms with Crippen molar-refractivity contribution >= 4 is 11.8 Å². The number of hydrogen-bond donors (Lipinski definition) is 1. The minimum Gasteiger partial charge on any atom is -0.493 e. The Morgan fingerprint density at radius 2 is 1.65 bits per heavy atom. The Labute approximate surface area is 215 Å². The number of rotatable bonds is 8. The van der Waals surface area contributed by atoms with Gasteiger partial charge < -0.3 is 20.3 Å². The fourth-order valence-corrected chi connectivity index (χ4v) is 5.20. The number of likely N-dealkylation sites (tertiary alicyclic amines) is 2. The van der Waals surface area contributed by atoms with E-state index in [0.717, 1.165) is 32.0 Å². The molecule has 37 heavy (non-hydrogen) atoms. The number of carbonyl (C=O) groups excluding carboxylic acids is 2. The molecule has 0 radical (unpaired) electrons. The number of ether oxygens (including phenoxy) is 1. The van der Waals surface area contributed by atoms with E-state index < -0.39 is 35.2 Å². The van der Waals surface area contributed by atoms with Crippen LogP contribution in [0.25, 0.3) is 11.1 Å². The summed E-state index contributed by atoms with van der Waals surface area (Å²) >= 11 is 0. The minimum absolute atomic E-state index is 0.0247. The number of halogens is 3. The largest absolute Gasteiger partial charge is 0.493 e. The second-order valence-electron chi connectivity index (χ2n) is 10.6. The molecule has 0 saturated carbocycles. The summed E-state index contributed by atoms with van der Waals surface area (Å²) in [7, 11) is 0. The Morgan fingerprint density at radius 3 is 2.24 bits per heavy atom. The molecule has 6 nitrogen and oxygen atoms in total. The van der Waals surface area contributed by atoms with E-state index in [1.807, 2.05) is 0 Å².